The third-order valence-corrected chi connectivity index (χ3v) is 4.94. The van der Waals surface area contributed by atoms with E-state index in [1.54, 1.807) is 0 Å². The lowest BCUT2D eigenvalue weighted by molar-refractivity contribution is -0.158. The number of alkyl halides is 1. The molecule has 0 aromatic rings. The molecule has 0 aliphatic heterocycles. The molecular formula is C19H34FN5O5. The summed E-state index contributed by atoms with van der Waals surface area (Å²) in [7, 11) is 1.38. The monoisotopic (exact) mass is 431 g/mol. The lowest BCUT2D eigenvalue weighted by Gasteiger charge is -2.33. The number of carbonyl (C=O) groups is 2. The quantitative estimate of drug-likeness (QED) is 0.101. The Labute approximate surface area is 176 Å². The topological polar surface area (TPSA) is 139 Å². The van der Waals surface area contributed by atoms with Crippen LogP contribution in [-0.4, -0.2) is 83.8 Å². The number of amides is 2. The van der Waals surface area contributed by atoms with Gasteiger partial charge in [0.1, 0.15) is 12.0 Å². The van der Waals surface area contributed by atoms with Crippen molar-refractivity contribution in [1.82, 2.24) is 15.4 Å². The van der Waals surface area contributed by atoms with Crippen molar-refractivity contribution in [1.29, 1.82) is 5.41 Å². The van der Waals surface area contributed by atoms with Gasteiger partial charge >= 0.3 is 0 Å². The summed E-state index contributed by atoms with van der Waals surface area (Å²) < 4.78 is 13.8. The standard InChI is InChI=1S/C19H34FN5O5/c1-14(20)10-24(12-18(27)22-17(23-30-2)7-4-8-21)19(28)16(11-25(29)13-26)9-15-5-3-6-15/h8,13-16,18,21,27,29H,3-7,9-12H2,1-2H3,(H,22,23)/t14-,16?,18?/m1/s1. The van der Waals surface area contributed by atoms with Gasteiger partial charge in [-0.1, -0.05) is 19.3 Å². The molecule has 0 heterocycles. The predicted molar refractivity (Wildman–Crippen MR) is 109 cm³/mol. The van der Waals surface area contributed by atoms with Crippen molar-refractivity contribution in [2.24, 2.45) is 16.8 Å². The van der Waals surface area contributed by atoms with Gasteiger partial charge in [-0.25, -0.2) is 14.4 Å². The van der Waals surface area contributed by atoms with Crippen LogP contribution in [0.3, 0.4) is 0 Å². The fourth-order valence-electron chi connectivity index (χ4n) is 3.36. The van der Waals surface area contributed by atoms with E-state index in [2.05, 4.69) is 10.5 Å². The molecule has 4 N–H and O–H groups in total. The smallest absolute Gasteiger partial charge is 0.233 e. The highest BCUT2D eigenvalue weighted by Gasteiger charge is 2.32. The Bertz CT molecular complexity index is 574. The van der Waals surface area contributed by atoms with Crippen molar-refractivity contribution in [3.05, 3.63) is 0 Å². The van der Waals surface area contributed by atoms with E-state index in [9.17, 15) is 24.3 Å². The Morgan fingerprint density at radius 1 is 1.40 bits per heavy atom. The Balaban J connectivity index is 2.92. The number of aliphatic imine (C=N–C) groups is 1. The van der Waals surface area contributed by atoms with Crippen molar-refractivity contribution in [2.45, 2.75) is 57.8 Å². The summed E-state index contributed by atoms with van der Waals surface area (Å²) in [5.41, 5.74) is 2.52. The predicted octanol–water partition coefficient (Wildman–Crippen LogP) is 1.12. The molecule has 1 fully saturated rings. The van der Waals surface area contributed by atoms with Crippen molar-refractivity contribution >= 4 is 24.4 Å². The van der Waals surface area contributed by atoms with Gasteiger partial charge in [0.05, 0.1) is 32.7 Å². The number of aliphatic hydroxyl groups is 1. The molecule has 1 aliphatic carbocycles. The molecule has 3 atom stereocenters. The highest BCUT2D eigenvalue weighted by atomic mass is 19.1. The van der Waals surface area contributed by atoms with Gasteiger partial charge < -0.3 is 15.4 Å². The van der Waals surface area contributed by atoms with E-state index in [0.717, 1.165) is 19.3 Å². The summed E-state index contributed by atoms with van der Waals surface area (Å²) in [6.45, 7) is 0.626. The normalized spacial score (nSPS) is 17.4. The Kier molecular flexibility index (Phi) is 12.1. The molecule has 0 bridgehead atoms. The number of halogens is 1. The molecular weight excluding hydrogens is 397 g/mol. The number of hydrogen-bond donors (Lipinski definition) is 4. The van der Waals surface area contributed by atoms with Gasteiger partial charge in [-0.15, -0.1) is 0 Å². The number of hydroxylamine groups is 3. The van der Waals surface area contributed by atoms with Gasteiger partial charge in [0.15, 0.2) is 6.23 Å². The number of nitrogens with zero attached hydrogens (tertiary/aromatic N) is 3. The minimum absolute atomic E-state index is 0.189. The van der Waals surface area contributed by atoms with Crippen LogP contribution in [0.4, 0.5) is 4.39 Å². The summed E-state index contributed by atoms with van der Waals surface area (Å²) in [5, 5.41) is 27.5. The molecule has 1 saturated carbocycles. The SMILES string of the molecule is CON/C(CCC=N)=N/C(O)CN(C[C@@H](C)F)C(=O)C(CC1CCC1)CN(O)C=O. The highest BCUT2D eigenvalue weighted by Crippen LogP contribution is 2.33. The first kappa shape index (κ1) is 25.9. The summed E-state index contributed by atoms with van der Waals surface area (Å²) in [6.07, 6.45) is 2.97. The second-order valence-electron chi connectivity index (χ2n) is 7.59. The van der Waals surface area contributed by atoms with Gasteiger partial charge in [0.25, 0.3) is 0 Å². The molecule has 0 aromatic carbocycles. The second kappa shape index (κ2) is 14.0. The Hall–Kier alpha value is -2.11. The average Bonchev–Trinajstić information content (AvgIpc) is 2.66. The molecule has 0 radical (unpaired) electrons. The largest absolute Gasteiger partial charge is 0.370 e. The average molecular weight is 432 g/mol. The molecule has 1 rings (SSSR count). The van der Waals surface area contributed by atoms with Crippen LogP contribution in [0.2, 0.25) is 0 Å². The summed E-state index contributed by atoms with van der Waals surface area (Å²) >= 11 is 0. The maximum Gasteiger partial charge on any atom is 0.233 e. The van der Waals surface area contributed by atoms with Gasteiger partial charge in [-0.2, -0.15) is 0 Å². The van der Waals surface area contributed by atoms with E-state index in [1.807, 2.05) is 0 Å². The van der Waals surface area contributed by atoms with E-state index >= 15 is 0 Å². The molecule has 0 aromatic heterocycles. The number of hydrogen-bond acceptors (Lipinski definition) is 7. The first-order valence-electron chi connectivity index (χ1n) is 10.2. The minimum atomic E-state index is -1.34. The van der Waals surface area contributed by atoms with Crippen molar-refractivity contribution < 1.29 is 29.1 Å². The number of aliphatic hydroxyl groups excluding tert-OH is 1. The number of carbonyl (C=O) groups excluding carboxylic acids is 2. The zero-order chi connectivity index (χ0) is 22.5. The van der Waals surface area contributed by atoms with Crippen LogP contribution in [-0.2, 0) is 14.4 Å². The van der Waals surface area contributed by atoms with Gasteiger partial charge in [-0.3, -0.25) is 25.1 Å². The van der Waals surface area contributed by atoms with Crippen LogP contribution in [0.25, 0.3) is 0 Å². The van der Waals surface area contributed by atoms with Gasteiger partial charge in [0.2, 0.25) is 12.3 Å². The van der Waals surface area contributed by atoms with Crippen molar-refractivity contribution in [3.63, 3.8) is 0 Å². The van der Waals surface area contributed by atoms with Crippen LogP contribution in [0.1, 0.15) is 45.4 Å². The fraction of sp³-hybridized carbons (Fsp3) is 0.789. The third kappa shape index (κ3) is 9.59. The van der Waals surface area contributed by atoms with E-state index in [1.165, 1.54) is 25.1 Å². The Morgan fingerprint density at radius 2 is 2.10 bits per heavy atom. The number of nitrogens with one attached hydrogen (secondary N) is 2. The third-order valence-electron chi connectivity index (χ3n) is 4.94. The second-order valence-corrected chi connectivity index (χ2v) is 7.59. The van der Waals surface area contributed by atoms with E-state index in [4.69, 9.17) is 10.2 Å². The first-order chi connectivity index (χ1) is 14.3. The fourth-order valence-corrected chi connectivity index (χ4v) is 3.36. The summed E-state index contributed by atoms with van der Waals surface area (Å²) in [4.78, 5) is 34.0. The minimum Gasteiger partial charge on any atom is -0.370 e. The lowest BCUT2D eigenvalue weighted by Crippen LogP contribution is -2.46. The molecule has 2 unspecified atom stereocenters. The van der Waals surface area contributed by atoms with E-state index in [0.29, 0.717) is 36.1 Å². The van der Waals surface area contributed by atoms with Gasteiger partial charge in [-0.05, 0) is 31.9 Å². The summed E-state index contributed by atoms with van der Waals surface area (Å²) in [6, 6.07) is 0. The summed E-state index contributed by atoms with van der Waals surface area (Å²) in [5.74, 6) is -0.523. The molecule has 1 aliphatic rings. The van der Waals surface area contributed by atoms with Crippen LogP contribution in [0.5, 0.6) is 0 Å². The molecule has 30 heavy (non-hydrogen) atoms. The van der Waals surface area contributed by atoms with E-state index < -0.39 is 24.2 Å². The van der Waals surface area contributed by atoms with Crippen molar-refractivity contribution in [3.8, 4) is 0 Å². The van der Waals surface area contributed by atoms with Gasteiger partial charge in [0, 0.05) is 6.42 Å². The maximum atomic E-state index is 13.8. The number of amidine groups is 1. The van der Waals surface area contributed by atoms with Crippen LogP contribution >= 0.6 is 0 Å². The first-order valence-corrected chi connectivity index (χ1v) is 10.2. The van der Waals surface area contributed by atoms with Crippen molar-refractivity contribution in [2.75, 3.05) is 26.7 Å². The maximum absolute atomic E-state index is 13.8. The molecule has 2 amide bonds. The van der Waals surface area contributed by atoms with Crippen LogP contribution in [0.15, 0.2) is 4.99 Å². The molecule has 11 heteroatoms. The van der Waals surface area contributed by atoms with Crippen LogP contribution < -0.4 is 5.48 Å². The van der Waals surface area contributed by atoms with Crippen LogP contribution in [0, 0.1) is 17.2 Å². The number of rotatable bonds is 15. The molecule has 172 valence electrons. The highest BCUT2D eigenvalue weighted by molar-refractivity contribution is 5.83. The zero-order valence-electron chi connectivity index (χ0n) is 17.7. The Morgan fingerprint density at radius 3 is 2.60 bits per heavy atom. The lowest BCUT2D eigenvalue weighted by atomic mass is 9.78. The van der Waals surface area contributed by atoms with E-state index in [-0.39, 0.29) is 26.0 Å². The zero-order valence-corrected chi connectivity index (χ0v) is 17.7. The molecule has 0 spiro atoms. The molecule has 0 saturated heterocycles. The molecule has 10 nitrogen and oxygen atoms in total.